The Labute approximate surface area is 168 Å². The number of benzene rings is 1. The number of fused-ring (bicyclic) bond motifs is 2. The highest BCUT2D eigenvalue weighted by atomic mass is 35.5. The summed E-state index contributed by atoms with van der Waals surface area (Å²) in [5, 5.41) is 5.30. The van der Waals surface area contributed by atoms with Gasteiger partial charge in [-0.1, -0.05) is 17.7 Å². The summed E-state index contributed by atoms with van der Waals surface area (Å²) in [6.07, 6.45) is 1.35. The van der Waals surface area contributed by atoms with Crippen molar-refractivity contribution in [2.75, 3.05) is 6.61 Å². The number of hydrogen-bond acceptors (Lipinski definition) is 4. The second-order valence-corrected chi connectivity index (χ2v) is 7.45. The SMILES string of the molecule is FC(F)(F)COc1cc([C@H]2CC2c2cc(Cl)nn3ccnc23)cc2cccnc12. The molecule has 5 nitrogen and oxygen atoms in total. The first kappa shape index (κ1) is 18.2. The van der Waals surface area contributed by atoms with Crippen molar-refractivity contribution >= 4 is 28.2 Å². The number of aromatic nitrogens is 4. The average Bonchev–Trinajstić information content (AvgIpc) is 3.34. The summed E-state index contributed by atoms with van der Waals surface area (Å²) in [7, 11) is 0. The molecule has 148 valence electrons. The van der Waals surface area contributed by atoms with E-state index in [-0.39, 0.29) is 17.6 Å². The van der Waals surface area contributed by atoms with Crippen molar-refractivity contribution in [2.24, 2.45) is 0 Å². The van der Waals surface area contributed by atoms with Crippen molar-refractivity contribution in [1.29, 1.82) is 0 Å². The smallest absolute Gasteiger partial charge is 0.422 e. The minimum absolute atomic E-state index is 0.131. The second-order valence-electron chi connectivity index (χ2n) is 7.06. The zero-order valence-corrected chi connectivity index (χ0v) is 15.7. The van der Waals surface area contributed by atoms with E-state index < -0.39 is 12.8 Å². The quantitative estimate of drug-likeness (QED) is 0.460. The van der Waals surface area contributed by atoms with E-state index in [0.29, 0.717) is 10.7 Å². The average molecular weight is 419 g/mol. The van der Waals surface area contributed by atoms with Crippen LogP contribution in [0.2, 0.25) is 5.15 Å². The fraction of sp³-hybridized carbons (Fsp3) is 0.250. The Morgan fingerprint density at radius 3 is 2.83 bits per heavy atom. The molecule has 2 atom stereocenters. The van der Waals surface area contributed by atoms with E-state index in [0.717, 1.165) is 28.6 Å². The van der Waals surface area contributed by atoms with Gasteiger partial charge < -0.3 is 4.74 Å². The lowest BCUT2D eigenvalue weighted by Crippen LogP contribution is -2.19. The highest BCUT2D eigenvalue weighted by Gasteiger charge is 2.42. The molecule has 0 spiro atoms. The van der Waals surface area contributed by atoms with E-state index >= 15 is 0 Å². The Kier molecular flexibility index (Phi) is 4.13. The number of ether oxygens (including phenoxy) is 1. The number of rotatable bonds is 4. The first-order chi connectivity index (χ1) is 13.9. The van der Waals surface area contributed by atoms with Crippen molar-refractivity contribution < 1.29 is 17.9 Å². The molecule has 1 fully saturated rings. The molecular formula is C20H14ClF3N4O. The van der Waals surface area contributed by atoms with E-state index in [9.17, 15) is 13.2 Å². The third-order valence-corrected chi connectivity index (χ3v) is 5.24. The Hall–Kier alpha value is -2.87. The highest BCUT2D eigenvalue weighted by molar-refractivity contribution is 6.29. The number of halogens is 4. The number of alkyl halides is 3. The summed E-state index contributed by atoms with van der Waals surface area (Å²) in [6.45, 7) is -1.36. The van der Waals surface area contributed by atoms with Crippen LogP contribution in [0.3, 0.4) is 0 Å². The maximum atomic E-state index is 12.7. The van der Waals surface area contributed by atoms with Gasteiger partial charge in [-0.2, -0.15) is 18.3 Å². The lowest BCUT2D eigenvalue weighted by Gasteiger charge is -2.13. The normalized spacial score (nSPS) is 19.0. The molecule has 0 aliphatic heterocycles. The summed E-state index contributed by atoms with van der Waals surface area (Å²) in [4.78, 5) is 8.55. The first-order valence-electron chi connectivity index (χ1n) is 8.97. The predicted molar refractivity (Wildman–Crippen MR) is 101 cm³/mol. The van der Waals surface area contributed by atoms with Gasteiger partial charge in [0.15, 0.2) is 12.3 Å². The monoisotopic (exact) mass is 418 g/mol. The van der Waals surface area contributed by atoms with Crippen molar-refractivity contribution in [3.05, 3.63) is 65.2 Å². The van der Waals surface area contributed by atoms with Crippen LogP contribution in [0.5, 0.6) is 5.75 Å². The molecule has 0 N–H and O–H groups in total. The van der Waals surface area contributed by atoms with E-state index in [4.69, 9.17) is 16.3 Å². The molecule has 1 saturated carbocycles. The van der Waals surface area contributed by atoms with Gasteiger partial charge in [0.2, 0.25) is 0 Å². The topological polar surface area (TPSA) is 52.3 Å². The van der Waals surface area contributed by atoms with Crippen molar-refractivity contribution in [3.63, 3.8) is 0 Å². The Bertz CT molecular complexity index is 1220. The maximum Gasteiger partial charge on any atom is 0.422 e. The summed E-state index contributed by atoms with van der Waals surface area (Å²) >= 11 is 6.14. The van der Waals surface area contributed by atoms with Crippen LogP contribution >= 0.6 is 11.6 Å². The van der Waals surface area contributed by atoms with Crippen molar-refractivity contribution in [3.8, 4) is 5.75 Å². The second kappa shape index (κ2) is 6.59. The van der Waals surface area contributed by atoms with Crippen molar-refractivity contribution in [2.45, 2.75) is 24.4 Å². The highest BCUT2D eigenvalue weighted by Crippen LogP contribution is 2.56. The molecule has 0 bridgehead atoms. The van der Waals surface area contributed by atoms with Gasteiger partial charge in [0.1, 0.15) is 16.4 Å². The van der Waals surface area contributed by atoms with Crippen LogP contribution in [-0.2, 0) is 0 Å². The van der Waals surface area contributed by atoms with Crippen LogP contribution in [0.4, 0.5) is 13.2 Å². The Morgan fingerprint density at radius 1 is 1.14 bits per heavy atom. The molecule has 1 aliphatic rings. The van der Waals surface area contributed by atoms with E-state index in [1.807, 2.05) is 12.1 Å². The van der Waals surface area contributed by atoms with Gasteiger partial charge in [-0.15, -0.1) is 0 Å². The summed E-state index contributed by atoms with van der Waals surface area (Å²) in [5.41, 5.74) is 3.03. The standard InChI is InChI=1S/C20H14ClF3N4O/c21-17-9-15(19-26-4-5-28(19)27-17)14-8-13(14)12-6-11-2-1-3-25-18(11)16(7-12)29-10-20(22,23)24/h1-7,9,13-14H,8,10H2/t13-,14?/m1/s1. The fourth-order valence-corrected chi connectivity index (χ4v) is 3.95. The molecule has 4 aromatic rings. The molecule has 0 amide bonds. The minimum Gasteiger partial charge on any atom is -0.482 e. The van der Waals surface area contributed by atoms with Crippen LogP contribution in [0.25, 0.3) is 16.6 Å². The molecule has 3 aromatic heterocycles. The lowest BCUT2D eigenvalue weighted by molar-refractivity contribution is -0.153. The van der Waals surface area contributed by atoms with Crippen LogP contribution in [-0.4, -0.2) is 32.4 Å². The van der Waals surface area contributed by atoms with Crippen LogP contribution in [0.15, 0.2) is 48.9 Å². The summed E-state index contributed by atoms with van der Waals surface area (Å²) < 4.78 is 44.8. The van der Waals surface area contributed by atoms with Gasteiger partial charge in [-0.25, -0.2) is 9.50 Å². The third-order valence-electron chi connectivity index (χ3n) is 5.06. The third kappa shape index (κ3) is 3.48. The van der Waals surface area contributed by atoms with E-state index in [1.165, 1.54) is 6.20 Å². The van der Waals surface area contributed by atoms with Gasteiger partial charge in [-0.3, -0.25) is 4.98 Å². The number of nitrogens with zero attached hydrogens (tertiary/aromatic N) is 4. The van der Waals surface area contributed by atoms with Crippen LogP contribution in [0, 0.1) is 0 Å². The minimum atomic E-state index is -4.42. The molecule has 0 saturated heterocycles. The van der Waals surface area contributed by atoms with Crippen LogP contribution in [0.1, 0.15) is 29.4 Å². The maximum absolute atomic E-state index is 12.7. The van der Waals surface area contributed by atoms with Gasteiger partial charge in [0.05, 0.1) is 0 Å². The Balaban J connectivity index is 1.52. The summed E-state index contributed by atoms with van der Waals surface area (Å²) in [5.74, 6) is 0.427. The van der Waals surface area contributed by atoms with Crippen LogP contribution < -0.4 is 4.74 Å². The first-order valence-corrected chi connectivity index (χ1v) is 9.35. The van der Waals surface area contributed by atoms with Crippen molar-refractivity contribution in [1.82, 2.24) is 19.6 Å². The molecule has 3 heterocycles. The molecule has 1 aliphatic carbocycles. The molecule has 1 unspecified atom stereocenters. The zero-order chi connectivity index (χ0) is 20.2. The van der Waals surface area contributed by atoms with Gasteiger partial charge in [-0.05, 0) is 48.1 Å². The number of hydrogen-bond donors (Lipinski definition) is 0. The predicted octanol–water partition coefficient (Wildman–Crippen LogP) is 5.14. The zero-order valence-electron chi connectivity index (χ0n) is 14.9. The van der Waals surface area contributed by atoms with E-state index in [1.54, 1.807) is 35.1 Å². The number of pyridine rings is 1. The molecule has 5 rings (SSSR count). The Morgan fingerprint density at radius 2 is 2.00 bits per heavy atom. The lowest BCUT2D eigenvalue weighted by atomic mass is 10.0. The number of imidazole rings is 1. The van der Waals surface area contributed by atoms with Gasteiger partial charge in [0.25, 0.3) is 0 Å². The molecular weight excluding hydrogens is 405 g/mol. The largest absolute Gasteiger partial charge is 0.482 e. The molecule has 29 heavy (non-hydrogen) atoms. The van der Waals surface area contributed by atoms with Gasteiger partial charge >= 0.3 is 6.18 Å². The fourth-order valence-electron chi connectivity index (χ4n) is 3.75. The summed E-state index contributed by atoms with van der Waals surface area (Å²) in [6, 6.07) is 9.00. The molecule has 0 radical (unpaired) electrons. The molecule has 1 aromatic carbocycles. The van der Waals surface area contributed by atoms with E-state index in [2.05, 4.69) is 15.1 Å². The van der Waals surface area contributed by atoms with Gasteiger partial charge in [0, 0.05) is 29.5 Å². The molecule has 9 heteroatoms.